The molecule has 0 bridgehead atoms. The topological polar surface area (TPSA) is 76.8 Å². The molecule has 3 N–H and O–H groups in total. The van der Waals surface area contributed by atoms with Gasteiger partial charge in [0.1, 0.15) is 5.01 Å². The van der Waals surface area contributed by atoms with Crippen molar-refractivity contribution in [2.24, 2.45) is 5.73 Å². The van der Waals surface area contributed by atoms with E-state index in [0.717, 1.165) is 27.7 Å². The molecule has 0 amide bonds. The van der Waals surface area contributed by atoms with Gasteiger partial charge < -0.3 is 10.5 Å². The highest BCUT2D eigenvalue weighted by atomic mass is 32.1. The molecule has 0 saturated heterocycles. The average Bonchev–Trinajstić information content (AvgIpc) is 2.87. The first kappa shape index (κ1) is 10.1. The van der Waals surface area contributed by atoms with Crippen molar-refractivity contribution in [3.05, 3.63) is 28.7 Å². The number of methoxy groups -OCH3 is 1. The molecule has 0 unspecified atom stereocenters. The van der Waals surface area contributed by atoms with E-state index in [9.17, 15) is 0 Å². The van der Waals surface area contributed by atoms with Gasteiger partial charge in [0, 0.05) is 18.5 Å². The molecule has 0 aromatic carbocycles. The van der Waals surface area contributed by atoms with Gasteiger partial charge in [-0.1, -0.05) is 11.3 Å². The van der Waals surface area contributed by atoms with E-state index in [1.807, 2.05) is 0 Å². The zero-order chi connectivity index (χ0) is 10.7. The van der Waals surface area contributed by atoms with Crippen molar-refractivity contribution in [2.45, 2.75) is 13.0 Å². The summed E-state index contributed by atoms with van der Waals surface area (Å²) < 4.78 is 5.08. The number of ether oxygens (including phenoxy) is 1. The van der Waals surface area contributed by atoms with Crippen LogP contribution in [-0.2, 0) is 13.0 Å². The van der Waals surface area contributed by atoms with Gasteiger partial charge in [-0.25, -0.2) is 4.98 Å². The predicted molar refractivity (Wildman–Crippen MR) is 58.0 cm³/mol. The van der Waals surface area contributed by atoms with E-state index in [-0.39, 0.29) is 0 Å². The largest absolute Gasteiger partial charge is 0.486 e. The van der Waals surface area contributed by atoms with Gasteiger partial charge in [0.2, 0.25) is 0 Å². The number of aromatic amines is 1. The van der Waals surface area contributed by atoms with Crippen LogP contribution in [0.25, 0.3) is 0 Å². The Hall–Kier alpha value is -1.40. The first-order chi connectivity index (χ1) is 7.33. The number of hydrogen-bond acceptors (Lipinski definition) is 5. The fraction of sp³-hybridized carbons (Fsp3) is 0.333. The molecule has 0 aliphatic carbocycles. The third kappa shape index (κ3) is 2.16. The second-order valence-electron chi connectivity index (χ2n) is 3.03. The minimum atomic E-state index is 0.470. The second kappa shape index (κ2) is 4.41. The molecular weight excluding hydrogens is 212 g/mol. The van der Waals surface area contributed by atoms with E-state index in [0.29, 0.717) is 6.54 Å². The van der Waals surface area contributed by atoms with Crippen molar-refractivity contribution in [3.63, 3.8) is 0 Å². The third-order valence-corrected chi connectivity index (χ3v) is 3.05. The number of nitrogens with one attached hydrogen (secondary N) is 1. The maximum absolute atomic E-state index is 5.57. The average molecular weight is 224 g/mol. The Morgan fingerprint density at radius 2 is 2.40 bits per heavy atom. The highest BCUT2D eigenvalue weighted by molar-refractivity contribution is 7.13. The molecule has 5 nitrogen and oxygen atoms in total. The van der Waals surface area contributed by atoms with Gasteiger partial charge in [-0.3, -0.25) is 5.10 Å². The van der Waals surface area contributed by atoms with Gasteiger partial charge in [-0.15, -0.1) is 0 Å². The van der Waals surface area contributed by atoms with Crippen molar-refractivity contribution < 1.29 is 4.74 Å². The summed E-state index contributed by atoms with van der Waals surface area (Å²) in [5.74, 6) is 0. The van der Waals surface area contributed by atoms with Crippen molar-refractivity contribution in [1.29, 1.82) is 0 Å². The molecule has 2 aromatic heterocycles. The Bertz CT molecular complexity index is 437. The Balaban J connectivity index is 2.14. The van der Waals surface area contributed by atoms with Crippen LogP contribution in [0.2, 0.25) is 0 Å². The summed E-state index contributed by atoms with van der Waals surface area (Å²) >= 11 is 1.53. The Kier molecular flexibility index (Phi) is 2.98. The van der Waals surface area contributed by atoms with E-state index < -0.39 is 0 Å². The molecule has 2 aromatic rings. The highest BCUT2D eigenvalue weighted by Crippen LogP contribution is 2.23. The van der Waals surface area contributed by atoms with Crippen LogP contribution in [0.1, 0.15) is 16.3 Å². The zero-order valence-corrected chi connectivity index (χ0v) is 9.17. The molecule has 0 aliphatic heterocycles. The molecule has 0 saturated carbocycles. The lowest BCUT2D eigenvalue weighted by Crippen LogP contribution is -2.00. The summed E-state index contributed by atoms with van der Waals surface area (Å²) in [4.78, 5) is 4.25. The maximum atomic E-state index is 5.57. The molecule has 6 heteroatoms. The molecular formula is C9H12N4OS. The van der Waals surface area contributed by atoms with Gasteiger partial charge in [-0.2, -0.15) is 5.10 Å². The van der Waals surface area contributed by atoms with Gasteiger partial charge in [0.15, 0.2) is 5.06 Å². The van der Waals surface area contributed by atoms with Gasteiger partial charge >= 0.3 is 0 Å². The number of rotatable bonds is 4. The number of hydrogen-bond donors (Lipinski definition) is 2. The molecule has 2 heterocycles. The molecule has 15 heavy (non-hydrogen) atoms. The molecule has 0 aliphatic rings. The molecule has 0 radical (unpaired) electrons. The fourth-order valence-corrected chi connectivity index (χ4v) is 2.05. The van der Waals surface area contributed by atoms with Crippen LogP contribution in [0.15, 0.2) is 12.4 Å². The first-order valence-corrected chi connectivity index (χ1v) is 5.35. The third-order valence-electron chi connectivity index (χ3n) is 2.09. The fourth-order valence-electron chi connectivity index (χ4n) is 1.30. The SMILES string of the molecule is COc1cnc(Cc2cn[nH]c2CN)s1. The van der Waals surface area contributed by atoms with Crippen LogP contribution in [0, 0.1) is 0 Å². The smallest absolute Gasteiger partial charge is 0.193 e. The minimum Gasteiger partial charge on any atom is -0.486 e. The van der Waals surface area contributed by atoms with Gasteiger partial charge in [0.25, 0.3) is 0 Å². The van der Waals surface area contributed by atoms with E-state index in [4.69, 9.17) is 10.5 Å². The lowest BCUT2D eigenvalue weighted by molar-refractivity contribution is 0.426. The standard InChI is InChI=1S/C9H12N4OS/c1-14-9-5-11-8(15-9)2-6-4-12-13-7(6)3-10/h4-5H,2-3,10H2,1H3,(H,12,13). The summed E-state index contributed by atoms with van der Waals surface area (Å²) in [5, 5.41) is 8.65. The summed E-state index contributed by atoms with van der Waals surface area (Å²) in [6, 6.07) is 0. The van der Waals surface area contributed by atoms with Crippen LogP contribution in [-0.4, -0.2) is 22.3 Å². The van der Waals surface area contributed by atoms with Crippen molar-refractivity contribution in [2.75, 3.05) is 7.11 Å². The maximum Gasteiger partial charge on any atom is 0.193 e. The number of thiazole rings is 1. The Labute approximate surface area is 91.3 Å². The predicted octanol–water partition coefficient (Wildman–Crippen LogP) is 0.924. The molecule has 0 fully saturated rings. The Morgan fingerprint density at radius 3 is 3.07 bits per heavy atom. The van der Waals surface area contributed by atoms with E-state index >= 15 is 0 Å². The van der Waals surface area contributed by atoms with Crippen LogP contribution >= 0.6 is 11.3 Å². The number of nitrogens with two attached hydrogens (primary N) is 1. The number of aromatic nitrogens is 3. The van der Waals surface area contributed by atoms with Crippen LogP contribution in [0.3, 0.4) is 0 Å². The second-order valence-corrected chi connectivity index (χ2v) is 4.11. The highest BCUT2D eigenvalue weighted by Gasteiger charge is 2.07. The number of H-pyrrole nitrogens is 1. The van der Waals surface area contributed by atoms with Crippen LogP contribution in [0.5, 0.6) is 5.06 Å². The van der Waals surface area contributed by atoms with Gasteiger partial charge in [0.05, 0.1) is 25.2 Å². The first-order valence-electron chi connectivity index (χ1n) is 4.53. The molecule has 2 rings (SSSR count). The van der Waals surface area contributed by atoms with E-state index in [1.54, 1.807) is 19.5 Å². The minimum absolute atomic E-state index is 0.470. The lowest BCUT2D eigenvalue weighted by Gasteiger charge is -1.96. The zero-order valence-electron chi connectivity index (χ0n) is 8.36. The van der Waals surface area contributed by atoms with Crippen LogP contribution < -0.4 is 10.5 Å². The van der Waals surface area contributed by atoms with Crippen molar-refractivity contribution in [3.8, 4) is 5.06 Å². The normalized spacial score (nSPS) is 10.5. The van der Waals surface area contributed by atoms with Crippen LogP contribution in [0.4, 0.5) is 0 Å². The Morgan fingerprint density at radius 1 is 1.53 bits per heavy atom. The lowest BCUT2D eigenvalue weighted by atomic mass is 10.2. The summed E-state index contributed by atoms with van der Waals surface area (Å²) in [6.07, 6.45) is 4.26. The quantitative estimate of drug-likeness (QED) is 0.809. The summed E-state index contributed by atoms with van der Waals surface area (Å²) in [6.45, 7) is 0.470. The van der Waals surface area contributed by atoms with Crippen molar-refractivity contribution >= 4 is 11.3 Å². The monoisotopic (exact) mass is 224 g/mol. The number of nitrogens with zero attached hydrogens (tertiary/aromatic N) is 2. The van der Waals surface area contributed by atoms with Crippen molar-refractivity contribution in [1.82, 2.24) is 15.2 Å². The van der Waals surface area contributed by atoms with E-state index in [1.165, 1.54) is 11.3 Å². The molecule has 0 atom stereocenters. The molecule has 0 spiro atoms. The van der Waals surface area contributed by atoms with Gasteiger partial charge in [-0.05, 0) is 0 Å². The molecule has 80 valence electrons. The summed E-state index contributed by atoms with van der Waals surface area (Å²) in [5.41, 5.74) is 7.62. The summed E-state index contributed by atoms with van der Waals surface area (Å²) in [7, 11) is 1.64. The van der Waals surface area contributed by atoms with E-state index in [2.05, 4.69) is 15.2 Å².